The molecule has 15 heavy (non-hydrogen) atoms. The Morgan fingerprint density at radius 3 is 2.40 bits per heavy atom. The lowest BCUT2D eigenvalue weighted by molar-refractivity contribution is 0.367. The van der Waals surface area contributed by atoms with Crippen LogP contribution in [0.1, 0.15) is 50.9 Å². The zero-order valence-electron chi connectivity index (χ0n) is 9.66. The predicted molar refractivity (Wildman–Crippen MR) is 59.5 cm³/mol. The maximum absolute atomic E-state index is 11.6. The van der Waals surface area contributed by atoms with Gasteiger partial charge in [-0.05, 0) is 23.4 Å². The Bertz CT molecular complexity index is 342. The fraction of sp³-hybridized carbons (Fsp3) is 0.727. The van der Waals surface area contributed by atoms with Crippen LogP contribution in [-0.4, -0.2) is 16.0 Å². The van der Waals surface area contributed by atoms with Crippen LogP contribution in [-0.2, 0) is 16.6 Å². The average Bonchev–Trinajstić information content (AvgIpc) is 2.81. The van der Waals surface area contributed by atoms with Gasteiger partial charge in [0.2, 0.25) is 0 Å². The van der Waals surface area contributed by atoms with Crippen molar-refractivity contribution in [2.75, 3.05) is 6.26 Å². The number of rotatable bonds is 2. The van der Waals surface area contributed by atoms with Crippen LogP contribution < -0.4 is 0 Å². The minimum absolute atomic E-state index is 0.0427. The Kier molecular flexibility index (Phi) is 2.59. The second-order valence-corrected chi connectivity index (χ2v) is 6.50. The monoisotopic (exact) mass is 227 g/mol. The zero-order valence-corrected chi connectivity index (χ0v) is 10.5. The van der Waals surface area contributed by atoms with Gasteiger partial charge < -0.3 is 9.08 Å². The fourth-order valence-corrected chi connectivity index (χ4v) is 2.63. The minimum Gasteiger partial charge on any atom is -0.610 e. The average molecular weight is 227 g/mol. The molecule has 1 unspecified atom stereocenters. The molecule has 1 aromatic heterocycles. The molecule has 1 aromatic rings. The van der Waals surface area contributed by atoms with Crippen molar-refractivity contribution in [1.82, 2.24) is 5.16 Å². The summed E-state index contributed by atoms with van der Waals surface area (Å²) < 4.78 is 16.9. The van der Waals surface area contributed by atoms with Crippen LogP contribution in [0, 0.1) is 0 Å². The Hall–Kier alpha value is -0.480. The Labute approximate surface area is 93.4 Å². The van der Waals surface area contributed by atoms with Crippen LogP contribution in [0.5, 0.6) is 0 Å². The number of aromatic nitrogens is 1. The molecule has 1 saturated carbocycles. The van der Waals surface area contributed by atoms with Crippen molar-refractivity contribution in [3.05, 3.63) is 11.3 Å². The third-order valence-corrected chi connectivity index (χ3v) is 3.48. The van der Waals surface area contributed by atoms with E-state index in [1.165, 1.54) is 12.8 Å². The third-order valence-electron chi connectivity index (χ3n) is 2.66. The summed E-state index contributed by atoms with van der Waals surface area (Å²) in [4.78, 5) is 0. The Morgan fingerprint density at radius 1 is 1.40 bits per heavy atom. The molecule has 2 rings (SSSR count). The van der Waals surface area contributed by atoms with Crippen LogP contribution >= 0.6 is 0 Å². The first-order chi connectivity index (χ1) is 6.91. The molecule has 0 saturated heterocycles. The maximum Gasteiger partial charge on any atom is 0.286 e. The summed E-state index contributed by atoms with van der Waals surface area (Å²) in [6.45, 7) is 6.34. The van der Waals surface area contributed by atoms with Crippen LogP contribution in [0.2, 0.25) is 0 Å². The van der Waals surface area contributed by atoms with Gasteiger partial charge in [-0.1, -0.05) is 20.8 Å². The molecule has 0 spiro atoms. The highest BCUT2D eigenvalue weighted by Crippen LogP contribution is 2.46. The minimum atomic E-state index is -1.06. The number of hydrogen-bond acceptors (Lipinski definition) is 3. The molecule has 84 valence electrons. The van der Waals surface area contributed by atoms with Crippen molar-refractivity contribution in [2.24, 2.45) is 0 Å². The van der Waals surface area contributed by atoms with Crippen molar-refractivity contribution in [1.29, 1.82) is 0 Å². The van der Waals surface area contributed by atoms with E-state index in [0.717, 1.165) is 11.3 Å². The normalized spacial score (nSPS) is 19.3. The van der Waals surface area contributed by atoms with E-state index in [1.54, 1.807) is 6.26 Å². The molecule has 0 amide bonds. The number of hydrogen-bond donors (Lipinski definition) is 0. The standard InChI is InChI=1S/C11H17NO2S/c1-11(2,3)8-9(7-5-6-7)14-12-10(8)15(4)13/h7H,5-6H2,1-4H3. The van der Waals surface area contributed by atoms with Gasteiger partial charge in [0.1, 0.15) is 12.0 Å². The molecule has 1 heterocycles. The first-order valence-electron chi connectivity index (χ1n) is 5.24. The quantitative estimate of drug-likeness (QED) is 0.730. The zero-order chi connectivity index (χ0) is 11.2. The smallest absolute Gasteiger partial charge is 0.286 e. The molecule has 1 aliphatic rings. The summed E-state index contributed by atoms with van der Waals surface area (Å²) in [6, 6.07) is 0. The molecule has 1 aliphatic carbocycles. The summed E-state index contributed by atoms with van der Waals surface area (Å²) in [7, 11) is 0. The topological polar surface area (TPSA) is 49.1 Å². The van der Waals surface area contributed by atoms with Gasteiger partial charge in [-0.25, -0.2) is 0 Å². The van der Waals surface area contributed by atoms with Gasteiger partial charge in [0.15, 0.2) is 0 Å². The first kappa shape index (κ1) is 11.0. The molecule has 0 radical (unpaired) electrons. The summed E-state index contributed by atoms with van der Waals surface area (Å²) in [5.74, 6) is 1.48. The van der Waals surface area contributed by atoms with Crippen molar-refractivity contribution >= 4 is 11.2 Å². The van der Waals surface area contributed by atoms with E-state index >= 15 is 0 Å². The van der Waals surface area contributed by atoms with Crippen molar-refractivity contribution in [3.63, 3.8) is 0 Å². The lowest BCUT2D eigenvalue weighted by atomic mass is 9.86. The molecule has 0 aromatic carbocycles. The highest BCUT2D eigenvalue weighted by Gasteiger charge is 2.39. The van der Waals surface area contributed by atoms with Gasteiger partial charge in [0.25, 0.3) is 5.03 Å². The molecule has 1 fully saturated rings. The first-order valence-corrected chi connectivity index (χ1v) is 6.80. The summed E-state index contributed by atoms with van der Waals surface area (Å²) in [6.07, 6.45) is 4.01. The molecule has 3 nitrogen and oxygen atoms in total. The predicted octanol–water partition coefficient (Wildman–Crippen LogP) is 2.59. The van der Waals surface area contributed by atoms with Crippen LogP contribution in [0.25, 0.3) is 0 Å². The van der Waals surface area contributed by atoms with Crippen molar-refractivity contribution in [2.45, 2.75) is 50.0 Å². The van der Waals surface area contributed by atoms with Gasteiger partial charge in [-0.3, -0.25) is 0 Å². The SMILES string of the molecule is C[S+]([O-])c1noc(C2CC2)c1C(C)(C)C. The summed E-state index contributed by atoms with van der Waals surface area (Å²) >= 11 is -1.06. The van der Waals surface area contributed by atoms with E-state index in [1.807, 2.05) is 0 Å². The van der Waals surface area contributed by atoms with Crippen molar-refractivity contribution in [3.8, 4) is 0 Å². The molecular formula is C11H17NO2S. The van der Waals surface area contributed by atoms with Crippen LogP contribution in [0.4, 0.5) is 0 Å². The van der Waals surface area contributed by atoms with E-state index in [0.29, 0.717) is 10.9 Å². The Morgan fingerprint density at radius 2 is 2.00 bits per heavy atom. The van der Waals surface area contributed by atoms with Gasteiger partial charge in [0, 0.05) is 17.1 Å². The number of nitrogens with zero attached hydrogens (tertiary/aromatic N) is 1. The molecule has 0 bridgehead atoms. The second-order valence-electron chi connectivity index (χ2n) is 5.21. The van der Waals surface area contributed by atoms with Gasteiger partial charge in [-0.15, -0.1) is 0 Å². The van der Waals surface area contributed by atoms with Crippen LogP contribution in [0.15, 0.2) is 9.55 Å². The van der Waals surface area contributed by atoms with E-state index in [4.69, 9.17) is 4.52 Å². The van der Waals surface area contributed by atoms with E-state index < -0.39 is 11.2 Å². The fourth-order valence-electron chi connectivity index (χ4n) is 1.80. The molecule has 1 atom stereocenters. The van der Waals surface area contributed by atoms with E-state index in [2.05, 4.69) is 25.9 Å². The maximum atomic E-state index is 11.6. The molecule has 4 heteroatoms. The van der Waals surface area contributed by atoms with Crippen molar-refractivity contribution < 1.29 is 9.08 Å². The van der Waals surface area contributed by atoms with E-state index in [-0.39, 0.29) is 5.41 Å². The summed E-state index contributed by atoms with van der Waals surface area (Å²) in [5.41, 5.74) is 1.02. The molecule has 0 aliphatic heterocycles. The highest BCUT2D eigenvalue weighted by molar-refractivity contribution is 7.90. The molecule has 0 N–H and O–H groups in total. The Balaban J connectivity index is 2.48. The highest BCUT2D eigenvalue weighted by atomic mass is 32.2. The van der Waals surface area contributed by atoms with Gasteiger partial charge in [-0.2, -0.15) is 0 Å². The summed E-state index contributed by atoms with van der Waals surface area (Å²) in [5, 5.41) is 4.60. The second kappa shape index (κ2) is 3.52. The largest absolute Gasteiger partial charge is 0.610 e. The lowest BCUT2D eigenvalue weighted by Crippen LogP contribution is -2.17. The van der Waals surface area contributed by atoms with Gasteiger partial charge in [0.05, 0.1) is 5.56 Å². The lowest BCUT2D eigenvalue weighted by Gasteiger charge is -2.18. The van der Waals surface area contributed by atoms with Gasteiger partial charge >= 0.3 is 0 Å². The van der Waals surface area contributed by atoms with E-state index in [9.17, 15) is 4.55 Å². The third kappa shape index (κ3) is 2.06. The molecular weight excluding hydrogens is 210 g/mol. The van der Waals surface area contributed by atoms with Crippen LogP contribution in [0.3, 0.4) is 0 Å².